The molecule has 2 aromatic heterocycles. The molecule has 0 N–H and O–H groups in total. The number of aromatic nitrogens is 2. The van der Waals surface area contributed by atoms with Gasteiger partial charge in [-0.25, -0.2) is 13.8 Å². The van der Waals surface area contributed by atoms with E-state index in [-0.39, 0.29) is 11.7 Å². The van der Waals surface area contributed by atoms with E-state index in [2.05, 4.69) is 9.97 Å². The van der Waals surface area contributed by atoms with Crippen LogP contribution in [-0.2, 0) is 6.42 Å². The maximum absolute atomic E-state index is 13.6. The summed E-state index contributed by atoms with van der Waals surface area (Å²) in [6.45, 7) is 3.80. The van der Waals surface area contributed by atoms with Crippen molar-refractivity contribution >= 4 is 5.91 Å². The lowest BCUT2D eigenvalue weighted by Crippen LogP contribution is -2.37. The molecule has 0 saturated carbocycles. The van der Waals surface area contributed by atoms with Crippen LogP contribution in [0.25, 0.3) is 0 Å². The van der Waals surface area contributed by atoms with Crippen molar-refractivity contribution in [1.82, 2.24) is 14.9 Å². The molecule has 2 heterocycles. The molecule has 0 aliphatic heterocycles. The predicted octanol–water partition coefficient (Wildman–Crippen LogP) is 2.77. The average Bonchev–Trinajstić information content (AvgIpc) is 2.45. The van der Waals surface area contributed by atoms with E-state index in [0.717, 1.165) is 17.5 Å². The first kappa shape index (κ1) is 16.0. The summed E-state index contributed by atoms with van der Waals surface area (Å²) >= 11 is 0. The molecule has 6 heteroatoms. The minimum absolute atomic E-state index is 0.201. The van der Waals surface area contributed by atoms with Gasteiger partial charge >= 0.3 is 0 Å². The monoisotopic (exact) mass is 305 g/mol. The second kappa shape index (κ2) is 6.60. The number of carbonyl (C=O) groups is 1. The Morgan fingerprint density at radius 3 is 2.68 bits per heavy atom. The molecule has 4 nitrogen and oxygen atoms in total. The van der Waals surface area contributed by atoms with E-state index in [4.69, 9.17) is 0 Å². The Morgan fingerprint density at radius 1 is 1.32 bits per heavy atom. The van der Waals surface area contributed by atoms with Gasteiger partial charge in [0.25, 0.3) is 5.91 Å². The lowest BCUT2D eigenvalue weighted by molar-refractivity contribution is 0.0731. The highest BCUT2D eigenvalue weighted by Crippen LogP contribution is 2.13. The number of rotatable bonds is 4. The van der Waals surface area contributed by atoms with Crippen LogP contribution in [-0.4, -0.2) is 33.9 Å². The molecule has 116 valence electrons. The molecular formula is C16H17F2N3O. The second-order valence-electron chi connectivity index (χ2n) is 5.28. The highest BCUT2D eigenvalue weighted by molar-refractivity contribution is 5.92. The molecule has 0 unspecified atom stereocenters. The summed E-state index contributed by atoms with van der Waals surface area (Å²) in [5.41, 5.74) is 1.55. The molecule has 0 radical (unpaired) electrons. The van der Waals surface area contributed by atoms with Crippen LogP contribution in [0.1, 0.15) is 28.7 Å². The fourth-order valence-electron chi connectivity index (χ4n) is 2.09. The van der Waals surface area contributed by atoms with E-state index in [1.807, 2.05) is 26.0 Å². The number of aryl methyl sites for hydroxylation is 1. The minimum Gasteiger partial charge on any atom is -0.337 e. The Labute approximate surface area is 127 Å². The summed E-state index contributed by atoms with van der Waals surface area (Å²) in [5, 5.41) is 0. The van der Waals surface area contributed by atoms with Crippen LogP contribution in [0.2, 0.25) is 0 Å². The number of hydrogen-bond acceptors (Lipinski definition) is 3. The van der Waals surface area contributed by atoms with E-state index in [0.29, 0.717) is 12.5 Å². The molecule has 0 aliphatic rings. The molecule has 1 amide bonds. The maximum atomic E-state index is 13.6. The SMILES string of the molecule is Cc1ccnc(C[C@@H](C)N(C)C(=O)c2ncc(F)cc2F)c1. The zero-order chi connectivity index (χ0) is 16.3. The van der Waals surface area contributed by atoms with Gasteiger partial charge in [-0.05, 0) is 31.5 Å². The van der Waals surface area contributed by atoms with Crippen molar-refractivity contribution in [3.63, 3.8) is 0 Å². The smallest absolute Gasteiger partial charge is 0.275 e. The summed E-state index contributed by atoms with van der Waals surface area (Å²) in [5.74, 6) is -2.36. The molecule has 0 aliphatic carbocycles. The van der Waals surface area contributed by atoms with E-state index in [1.165, 1.54) is 4.90 Å². The highest BCUT2D eigenvalue weighted by atomic mass is 19.1. The number of carbonyl (C=O) groups excluding carboxylic acids is 1. The van der Waals surface area contributed by atoms with Gasteiger partial charge in [0, 0.05) is 37.5 Å². The normalized spacial score (nSPS) is 12.0. The van der Waals surface area contributed by atoms with Crippen LogP contribution >= 0.6 is 0 Å². The van der Waals surface area contributed by atoms with E-state index in [1.54, 1.807) is 13.2 Å². The summed E-state index contributed by atoms with van der Waals surface area (Å²) < 4.78 is 26.5. The fraction of sp³-hybridized carbons (Fsp3) is 0.312. The van der Waals surface area contributed by atoms with Crippen molar-refractivity contribution in [3.05, 3.63) is 59.2 Å². The number of hydrogen-bond donors (Lipinski definition) is 0. The van der Waals surface area contributed by atoms with E-state index < -0.39 is 17.5 Å². The van der Waals surface area contributed by atoms with Crippen molar-refractivity contribution in [2.75, 3.05) is 7.05 Å². The molecule has 0 spiro atoms. The third-order valence-corrected chi connectivity index (χ3v) is 3.47. The van der Waals surface area contributed by atoms with Gasteiger partial charge in [0.2, 0.25) is 0 Å². The molecule has 1 atom stereocenters. The first-order chi connectivity index (χ1) is 10.4. The zero-order valence-corrected chi connectivity index (χ0v) is 12.7. The largest absolute Gasteiger partial charge is 0.337 e. The molecule has 0 aromatic carbocycles. The van der Waals surface area contributed by atoms with Crippen molar-refractivity contribution in [2.24, 2.45) is 0 Å². The summed E-state index contributed by atoms with van der Waals surface area (Å²) in [6, 6.07) is 4.28. The van der Waals surface area contributed by atoms with Crippen molar-refractivity contribution in [1.29, 1.82) is 0 Å². The summed E-state index contributed by atoms with van der Waals surface area (Å²) in [6.07, 6.45) is 3.07. The quantitative estimate of drug-likeness (QED) is 0.872. The van der Waals surface area contributed by atoms with Gasteiger partial charge in [0.05, 0.1) is 6.20 Å². The van der Waals surface area contributed by atoms with Crippen LogP contribution in [0.4, 0.5) is 8.78 Å². The molecule has 0 bridgehead atoms. The van der Waals surface area contributed by atoms with Gasteiger partial charge in [-0.15, -0.1) is 0 Å². The first-order valence-electron chi connectivity index (χ1n) is 6.88. The third kappa shape index (κ3) is 3.63. The lowest BCUT2D eigenvalue weighted by atomic mass is 10.1. The van der Waals surface area contributed by atoms with Gasteiger partial charge < -0.3 is 4.90 Å². The lowest BCUT2D eigenvalue weighted by Gasteiger charge is -2.24. The summed E-state index contributed by atoms with van der Waals surface area (Å²) in [7, 11) is 1.56. The van der Waals surface area contributed by atoms with Crippen molar-refractivity contribution in [2.45, 2.75) is 26.3 Å². The van der Waals surface area contributed by atoms with Crippen LogP contribution in [0.3, 0.4) is 0 Å². The Balaban J connectivity index is 2.12. The van der Waals surface area contributed by atoms with E-state index in [9.17, 15) is 13.6 Å². The van der Waals surface area contributed by atoms with Crippen molar-refractivity contribution < 1.29 is 13.6 Å². The molecule has 0 fully saturated rings. The standard InChI is InChI=1S/C16H17F2N3O/c1-10-4-5-19-13(6-10)7-11(2)21(3)16(22)15-14(18)8-12(17)9-20-15/h4-6,8-9,11H,7H2,1-3H3/t11-/m1/s1. The highest BCUT2D eigenvalue weighted by Gasteiger charge is 2.22. The number of nitrogens with zero attached hydrogens (tertiary/aromatic N) is 3. The van der Waals surface area contributed by atoms with Crippen LogP contribution in [0.15, 0.2) is 30.6 Å². The molecule has 0 saturated heterocycles. The van der Waals surface area contributed by atoms with Gasteiger partial charge in [-0.2, -0.15) is 0 Å². The molecule has 22 heavy (non-hydrogen) atoms. The number of likely N-dealkylation sites (N-methyl/N-ethyl adjacent to an activating group) is 1. The molecular weight excluding hydrogens is 288 g/mol. The molecule has 2 rings (SSSR count). The number of amides is 1. The third-order valence-electron chi connectivity index (χ3n) is 3.47. The minimum atomic E-state index is -0.960. The van der Waals surface area contributed by atoms with Gasteiger partial charge in [-0.3, -0.25) is 9.78 Å². The van der Waals surface area contributed by atoms with E-state index >= 15 is 0 Å². The van der Waals surface area contributed by atoms with Crippen LogP contribution < -0.4 is 0 Å². The number of halogens is 2. The van der Waals surface area contributed by atoms with Crippen LogP contribution in [0.5, 0.6) is 0 Å². The Kier molecular flexibility index (Phi) is 4.80. The Bertz CT molecular complexity index is 691. The van der Waals surface area contributed by atoms with Gasteiger partial charge in [-0.1, -0.05) is 0 Å². The average molecular weight is 305 g/mol. The second-order valence-corrected chi connectivity index (χ2v) is 5.28. The topological polar surface area (TPSA) is 46.1 Å². The fourth-order valence-corrected chi connectivity index (χ4v) is 2.09. The van der Waals surface area contributed by atoms with Crippen LogP contribution in [0, 0.1) is 18.6 Å². The predicted molar refractivity (Wildman–Crippen MR) is 78.4 cm³/mol. The van der Waals surface area contributed by atoms with Gasteiger partial charge in [0.1, 0.15) is 5.82 Å². The summed E-state index contributed by atoms with van der Waals surface area (Å²) in [4.78, 5) is 21.4. The number of pyridine rings is 2. The Hall–Kier alpha value is -2.37. The molecule has 2 aromatic rings. The van der Waals surface area contributed by atoms with Crippen molar-refractivity contribution in [3.8, 4) is 0 Å². The first-order valence-corrected chi connectivity index (χ1v) is 6.88. The van der Waals surface area contributed by atoms with Gasteiger partial charge in [0.15, 0.2) is 11.5 Å². The Morgan fingerprint density at radius 2 is 2.05 bits per heavy atom. The zero-order valence-electron chi connectivity index (χ0n) is 12.7. The maximum Gasteiger partial charge on any atom is 0.275 e.